The third kappa shape index (κ3) is 4.89. The van der Waals surface area contributed by atoms with Crippen LogP contribution in [0.5, 0.6) is 5.95 Å². The fraction of sp³-hybridized carbons (Fsp3) is 0.412. The molecule has 0 radical (unpaired) electrons. The van der Waals surface area contributed by atoms with E-state index in [1.807, 2.05) is 13.0 Å². The van der Waals surface area contributed by atoms with Crippen molar-refractivity contribution in [1.82, 2.24) is 0 Å². The van der Waals surface area contributed by atoms with Gasteiger partial charge in [0.25, 0.3) is 5.95 Å². The topological polar surface area (TPSA) is 22.4 Å². The molecule has 1 heterocycles. The number of aryl methyl sites for hydroxylation is 1. The normalized spacial score (nSPS) is 12.9. The minimum absolute atomic E-state index is 0.129. The van der Waals surface area contributed by atoms with Gasteiger partial charge in [-0.1, -0.05) is 55.3 Å². The fourth-order valence-corrected chi connectivity index (χ4v) is 4.23. The van der Waals surface area contributed by atoms with Crippen LogP contribution in [0.25, 0.3) is 0 Å². The lowest BCUT2D eigenvalue weighted by molar-refractivity contribution is 0.234. The zero-order valence-corrected chi connectivity index (χ0v) is 13.9. The smallest absolute Gasteiger partial charge is 0.287 e. The molecule has 0 aliphatic rings. The van der Waals surface area contributed by atoms with E-state index in [4.69, 9.17) is 9.15 Å². The summed E-state index contributed by atoms with van der Waals surface area (Å²) in [6.45, 7) is 5.15. The number of ether oxygens (including phenoxy) is 1. The van der Waals surface area contributed by atoms with Gasteiger partial charge in [0.2, 0.25) is 0 Å². The first-order chi connectivity index (χ1) is 9.75. The molecule has 2 aromatic rings. The Kier molecular flexibility index (Phi) is 5.93. The summed E-state index contributed by atoms with van der Waals surface area (Å²) < 4.78 is 10.9. The van der Waals surface area contributed by atoms with Crippen molar-refractivity contribution in [3.05, 3.63) is 48.2 Å². The molecule has 1 unspecified atom stereocenters. The van der Waals surface area contributed by atoms with Gasteiger partial charge in [-0.2, -0.15) is 0 Å². The van der Waals surface area contributed by atoms with Crippen LogP contribution >= 0.6 is 0 Å². The molecule has 0 saturated heterocycles. The molecule has 20 heavy (non-hydrogen) atoms. The van der Waals surface area contributed by atoms with Crippen LogP contribution in [0.2, 0.25) is 5.54 Å². The lowest BCUT2D eigenvalue weighted by atomic mass is 10.2. The average Bonchev–Trinajstić information content (AvgIpc) is 2.85. The van der Waals surface area contributed by atoms with Crippen molar-refractivity contribution in [3.8, 4) is 5.95 Å². The van der Waals surface area contributed by atoms with Gasteiger partial charge in [-0.25, -0.2) is 0 Å². The molecule has 2 rings (SSSR count). The summed E-state index contributed by atoms with van der Waals surface area (Å²) >= 11 is 0. The Labute approximate surface area is 124 Å². The minimum atomic E-state index is -0.129. The Hall–Kier alpha value is -1.48. The second kappa shape index (κ2) is 7.95. The first-order valence-electron chi connectivity index (χ1n) is 7.46. The Morgan fingerprint density at radius 3 is 2.65 bits per heavy atom. The predicted molar refractivity (Wildman–Crippen MR) is 86.8 cm³/mol. The number of benzene rings is 1. The Morgan fingerprint density at radius 2 is 1.95 bits per heavy atom. The summed E-state index contributed by atoms with van der Waals surface area (Å²) in [6, 6.07) is 12.9. The van der Waals surface area contributed by atoms with Gasteiger partial charge in [0.15, 0.2) is 0 Å². The number of unbranched alkanes of at least 4 members (excludes halogenated alkanes) is 1. The van der Waals surface area contributed by atoms with Gasteiger partial charge in [0, 0.05) is 5.56 Å². The second-order valence-electron chi connectivity index (χ2n) is 5.53. The molecule has 0 aliphatic heterocycles. The first-order valence-corrected chi connectivity index (χ1v) is 8.99. The number of furan rings is 1. The molecular weight excluding hydrogens is 264 g/mol. The van der Waals surface area contributed by atoms with Gasteiger partial charge < -0.3 is 9.15 Å². The van der Waals surface area contributed by atoms with Gasteiger partial charge in [-0.15, -0.1) is 0 Å². The van der Waals surface area contributed by atoms with Crippen LogP contribution in [0.3, 0.4) is 0 Å². The van der Waals surface area contributed by atoms with Gasteiger partial charge >= 0.3 is 0 Å². The van der Waals surface area contributed by atoms with Crippen LogP contribution in [0, 0.1) is 6.92 Å². The van der Waals surface area contributed by atoms with Crippen LogP contribution in [0.4, 0.5) is 0 Å². The van der Waals surface area contributed by atoms with E-state index < -0.39 is 0 Å². The molecular formula is C17H24O2Si. The standard InChI is InChI=1S/C17H24O2Si/c1-14-11-13-19-17(14)18-12-7-6-8-15(2)20-16-9-4-3-5-10-16/h3-5,9-11,13,15H,6-8,12,20H2,1-2H3. The van der Waals surface area contributed by atoms with Crippen molar-refractivity contribution < 1.29 is 9.15 Å². The van der Waals surface area contributed by atoms with Crippen molar-refractivity contribution >= 4 is 14.7 Å². The molecule has 1 aromatic heterocycles. The maximum absolute atomic E-state index is 5.62. The van der Waals surface area contributed by atoms with Gasteiger partial charge in [-0.05, 0) is 25.0 Å². The zero-order chi connectivity index (χ0) is 14.2. The Bertz CT molecular complexity index is 493. The number of hydrogen-bond acceptors (Lipinski definition) is 2. The summed E-state index contributed by atoms with van der Waals surface area (Å²) in [7, 11) is -0.129. The highest BCUT2D eigenvalue weighted by atomic mass is 28.2. The Morgan fingerprint density at radius 1 is 1.15 bits per heavy atom. The van der Waals surface area contributed by atoms with E-state index in [1.54, 1.807) is 11.4 Å². The molecule has 0 saturated carbocycles. The van der Waals surface area contributed by atoms with Crippen LogP contribution in [0.15, 0.2) is 47.1 Å². The van der Waals surface area contributed by atoms with Gasteiger partial charge in [0.1, 0.15) is 0 Å². The maximum Gasteiger partial charge on any atom is 0.287 e. The molecule has 0 bridgehead atoms. The van der Waals surface area contributed by atoms with Crippen molar-refractivity contribution in [2.75, 3.05) is 6.61 Å². The molecule has 0 fully saturated rings. The molecule has 1 atom stereocenters. The van der Waals surface area contributed by atoms with Crippen molar-refractivity contribution in [2.45, 2.75) is 38.7 Å². The van der Waals surface area contributed by atoms with Crippen LogP contribution in [0.1, 0.15) is 31.7 Å². The van der Waals surface area contributed by atoms with E-state index >= 15 is 0 Å². The molecule has 2 nitrogen and oxygen atoms in total. The summed E-state index contributed by atoms with van der Waals surface area (Å²) in [6.07, 6.45) is 5.33. The largest absolute Gasteiger partial charge is 0.465 e. The monoisotopic (exact) mass is 288 g/mol. The molecule has 0 spiro atoms. The summed E-state index contributed by atoms with van der Waals surface area (Å²) in [5.41, 5.74) is 1.94. The second-order valence-corrected chi connectivity index (χ2v) is 8.15. The minimum Gasteiger partial charge on any atom is -0.465 e. The van der Waals surface area contributed by atoms with Crippen molar-refractivity contribution in [2.24, 2.45) is 0 Å². The molecule has 0 amide bonds. The van der Waals surface area contributed by atoms with E-state index in [1.165, 1.54) is 12.8 Å². The predicted octanol–water partition coefficient (Wildman–Crippen LogP) is 3.44. The van der Waals surface area contributed by atoms with Crippen molar-refractivity contribution in [1.29, 1.82) is 0 Å². The zero-order valence-electron chi connectivity index (χ0n) is 12.5. The first kappa shape index (κ1) is 14.9. The van der Waals surface area contributed by atoms with E-state index in [0.29, 0.717) is 5.95 Å². The molecule has 0 aliphatic carbocycles. The third-order valence-corrected chi connectivity index (χ3v) is 5.61. The van der Waals surface area contributed by atoms with Crippen LogP contribution in [-0.4, -0.2) is 16.1 Å². The highest BCUT2D eigenvalue weighted by molar-refractivity contribution is 6.54. The summed E-state index contributed by atoms with van der Waals surface area (Å²) in [5, 5.41) is 1.57. The van der Waals surface area contributed by atoms with E-state index in [-0.39, 0.29) is 9.52 Å². The molecule has 108 valence electrons. The van der Waals surface area contributed by atoms with E-state index in [2.05, 4.69) is 37.3 Å². The van der Waals surface area contributed by atoms with Gasteiger partial charge in [-0.3, -0.25) is 0 Å². The quantitative estimate of drug-likeness (QED) is 0.548. The summed E-state index contributed by atoms with van der Waals surface area (Å²) in [5.74, 6) is 0.678. The van der Waals surface area contributed by atoms with Crippen molar-refractivity contribution in [3.63, 3.8) is 0 Å². The molecule has 3 heteroatoms. The van der Waals surface area contributed by atoms with Crippen LogP contribution in [-0.2, 0) is 0 Å². The van der Waals surface area contributed by atoms with E-state index in [0.717, 1.165) is 24.1 Å². The lowest BCUT2D eigenvalue weighted by Crippen LogP contribution is -2.17. The SMILES string of the molecule is Cc1ccoc1OCCCCC(C)[SiH2]c1ccccc1. The number of hydrogen-bond donors (Lipinski definition) is 0. The summed E-state index contributed by atoms with van der Waals surface area (Å²) in [4.78, 5) is 0. The third-order valence-electron chi connectivity index (χ3n) is 3.57. The molecule has 0 N–H and O–H groups in total. The van der Waals surface area contributed by atoms with Crippen LogP contribution < -0.4 is 9.92 Å². The highest BCUT2D eigenvalue weighted by Gasteiger charge is 2.05. The lowest BCUT2D eigenvalue weighted by Gasteiger charge is -2.10. The highest BCUT2D eigenvalue weighted by Crippen LogP contribution is 2.19. The fourth-order valence-electron chi connectivity index (χ4n) is 2.38. The van der Waals surface area contributed by atoms with E-state index in [9.17, 15) is 0 Å². The Balaban J connectivity index is 1.58. The molecule has 1 aromatic carbocycles. The van der Waals surface area contributed by atoms with Gasteiger partial charge in [0.05, 0.1) is 22.4 Å². The number of rotatable bonds is 8. The maximum atomic E-state index is 5.62. The average molecular weight is 288 g/mol.